The van der Waals surface area contributed by atoms with Crippen LogP contribution in [-0.4, -0.2) is 43.7 Å². The Bertz CT molecular complexity index is 1000. The second kappa shape index (κ2) is 9.34. The largest absolute Gasteiger partial charge is 0.494 e. The highest BCUT2D eigenvalue weighted by Crippen LogP contribution is 2.51. The highest BCUT2D eigenvalue weighted by molar-refractivity contribution is 5.95. The number of rotatable bonds is 6. The van der Waals surface area contributed by atoms with E-state index in [0.29, 0.717) is 18.7 Å². The minimum absolute atomic E-state index is 0.0197. The summed E-state index contributed by atoms with van der Waals surface area (Å²) >= 11 is 0. The number of amides is 2. The topological polar surface area (TPSA) is 79.9 Å². The summed E-state index contributed by atoms with van der Waals surface area (Å²) in [5.74, 6) is 0.814. The number of carbonyl (C=O) groups is 2. The Morgan fingerprint density at radius 3 is 2.72 bits per heavy atom. The third-order valence-corrected chi connectivity index (χ3v) is 6.15. The van der Waals surface area contributed by atoms with Crippen molar-refractivity contribution in [3.63, 3.8) is 0 Å². The zero-order chi connectivity index (χ0) is 22.7. The van der Waals surface area contributed by atoms with Crippen LogP contribution in [-0.2, 0) is 4.74 Å². The fourth-order valence-electron chi connectivity index (χ4n) is 4.75. The molecule has 2 amide bonds. The van der Waals surface area contributed by atoms with Gasteiger partial charge in [0.05, 0.1) is 18.7 Å². The number of benzene rings is 2. The van der Waals surface area contributed by atoms with E-state index in [1.54, 1.807) is 24.1 Å². The summed E-state index contributed by atoms with van der Waals surface area (Å²) in [5.41, 5.74) is 3.55. The molecular weight excluding hydrogens is 406 g/mol. The van der Waals surface area contributed by atoms with Gasteiger partial charge in [0.25, 0.3) is 5.91 Å². The Hall–Kier alpha value is -3.48. The molecule has 2 aromatic carbocycles. The molecule has 2 heterocycles. The molecule has 0 spiro atoms. The molecular formula is C25H29N3O4. The molecule has 168 valence electrons. The van der Waals surface area contributed by atoms with Crippen LogP contribution in [0.3, 0.4) is 0 Å². The van der Waals surface area contributed by atoms with Crippen LogP contribution in [0.25, 0.3) is 0 Å². The van der Waals surface area contributed by atoms with Crippen LogP contribution in [0.15, 0.2) is 55.1 Å². The SMILES string of the molecule is C=CCOC(=O)N1CCC2C(c3ccc(OCC)cc3)Nc3ccc(C(=O)NC)cc3C21. The Morgan fingerprint density at radius 1 is 1.25 bits per heavy atom. The van der Waals surface area contributed by atoms with E-state index in [1.165, 1.54) is 0 Å². The molecule has 0 aromatic heterocycles. The average Bonchev–Trinajstić information content (AvgIpc) is 3.27. The highest BCUT2D eigenvalue weighted by atomic mass is 16.6. The van der Waals surface area contributed by atoms with E-state index >= 15 is 0 Å². The van der Waals surface area contributed by atoms with E-state index < -0.39 is 0 Å². The highest BCUT2D eigenvalue weighted by Gasteiger charge is 2.47. The fraction of sp³-hybridized carbons (Fsp3) is 0.360. The summed E-state index contributed by atoms with van der Waals surface area (Å²) in [6.45, 7) is 6.96. The first-order valence-corrected chi connectivity index (χ1v) is 11.0. The van der Waals surface area contributed by atoms with Crippen molar-refractivity contribution in [3.05, 3.63) is 71.8 Å². The van der Waals surface area contributed by atoms with Gasteiger partial charge < -0.3 is 25.0 Å². The van der Waals surface area contributed by atoms with Gasteiger partial charge in [0.2, 0.25) is 0 Å². The number of nitrogens with one attached hydrogen (secondary N) is 2. The minimum atomic E-state index is -0.360. The van der Waals surface area contributed by atoms with Crippen LogP contribution in [0.1, 0.15) is 46.9 Å². The van der Waals surface area contributed by atoms with Crippen molar-refractivity contribution in [2.45, 2.75) is 25.4 Å². The van der Waals surface area contributed by atoms with E-state index in [2.05, 4.69) is 29.3 Å². The molecule has 2 aliphatic rings. The summed E-state index contributed by atoms with van der Waals surface area (Å²) in [6.07, 6.45) is 2.03. The Labute approximate surface area is 188 Å². The molecule has 3 unspecified atom stereocenters. The molecule has 1 saturated heterocycles. The third-order valence-electron chi connectivity index (χ3n) is 6.15. The molecule has 0 aliphatic carbocycles. The van der Waals surface area contributed by atoms with Gasteiger partial charge in [0.1, 0.15) is 12.4 Å². The lowest BCUT2D eigenvalue weighted by Gasteiger charge is -2.40. The van der Waals surface area contributed by atoms with Crippen LogP contribution in [0.2, 0.25) is 0 Å². The standard InChI is InChI=1S/C25H29N3O4/c1-4-14-32-25(30)28-13-12-19-22(16-6-9-18(10-7-16)31-5-2)27-21-11-8-17(24(29)26-3)15-20(21)23(19)28/h4,6-11,15,19,22-23,27H,1,5,12-14H2,2-3H3,(H,26,29). The number of ether oxygens (including phenoxy) is 2. The van der Waals surface area contributed by atoms with Crippen molar-refractivity contribution in [2.24, 2.45) is 5.92 Å². The molecule has 3 atom stereocenters. The van der Waals surface area contributed by atoms with Crippen LogP contribution < -0.4 is 15.4 Å². The monoisotopic (exact) mass is 435 g/mol. The number of likely N-dealkylation sites (tertiary alicyclic amines) is 1. The molecule has 2 aliphatic heterocycles. The van der Waals surface area contributed by atoms with Gasteiger partial charge in [-0.25, -0.2) is 4.79 Å². The lowest BCUT2D eigenvalue weighted by atomic mass is 9.79. The van der Waals surface area contributed by atoms with Crippen LogP contribution in [0.4, 0.5) is 10.5 Å². The van der Waals surface area contributed by atoms with Crippen molar-refractivity contribution in [3.8, 4) is 5.75 Å². The molecule has 7 heteroatoms. The third kappa shape index (κ3) is 4.02. The Morgan fingerprint density at radius 2 is 2.03 bits per heavy atom. The smallest absolute Gasteiger partial charge is 0.410 e. The van der Waals surface area contributed by atoms with E-state index in [9.17, 15) is 9.59 Å². The van der Waals surface area contributed by atoms with Gasteiger partial charge in [0, 0.05) is 30.8 Å². The number of fused-ring (bicyclic) bond motifs is 3. The molecule has 0 bridgehead atoms. The molecule has 2 aromatic rings. The summed E-state index contributed by atoms with van der Waals surface area (Å²) in [4.78, 5) is 26.9. The average molecular weight is 436 g/mol. The first-order chi connectivity index (χ1) is 15.6. The normalized spacial score (nSPS) is 21.1. The maximum absolute atomic E-state index is 12.8. The molecule has 0 saturated carbocycles. The summed E-state index contributed by atoms with van der Waals surface area (Å²) in [6, 6.07) is 13.5. The number of hydrogen-bond donors (Lipinski definition) is 2. The summed E-state index contributed by atoms with van der Waals surface area (Å²) < 4.78 is 11.0. The molecule has 32 heavy (non-hydrogen) atoms. The van der Waals surface area contributed by atoms with Crippen molar-refractivity contribution in [1.29, 1.82) is 0 Å². The van der Waals surface area contributed by atoms with Gasteiger partial charge in [0.15, 0.2) is 0 Å². The van der Waals surface area contributed by atoms with Gasteiger partial charge >= 0.3 is 6.09 Å². The Kier molecular flexibility index (Phi) is 6.35. The predicted octanol–water partition coefficient (Wildman–Crippen LogP) is 4.30. The number of anilines is 1. The summed E-state index contributed by atoms with van der Waals surface area (Å²) in [5, 5.41) is 6.33. The van der Waals surface area contributed by atoms with Crippen molar-refractivity contribution in [1.82, 2.24) is 10.2 Å². The van der Waals surface area contributed by atoms with Crippen molar-refractivity contribution >= 4 is 17.7 Å². The molecule has 4 rings (SSSR count). The van der Waals surface area contributed by atoms with Gasteiger partial charge in [-0.05, 0) is 54.8 Å². The lowest BCUT2D eigenvalue weighted by molar-refractivity contribution is 0.0962. The van der Waals surface area contributed by atoms with E-state index in [-0.39, 0.29) is 36.6 Å². The predicted molar refractivity (Wildman–Crippen MR) is 123 cm³/mol. The van der Waals surface area contributed by atoms with Crippen LogP contribution in [0.5, 0.6) is 5.75 Å². The molecule has 0 radical (unpaired) electrons. The second-order valence-electron chi connectivity index (χ2n) is 7.96. The first kappa shape index (κ1) is 21.7. The Balaban J connectivity index is 1.72. The van der Waals surface area contributed by atoms with Gasteiger partial charge in [-0.1, -0.05) is 24.8 Å². The lowest BCUT2D eigenvalue weighted by Crippen LogP contribution is -2.38. The van der Waals surface area contributed by atoms with E-state index in [0.717, 1.165) is 29.0 Å². The number of hydrogen-bond acceptors (Lipinski definition) is 5. The summed E-state index contributed by atoms with van der Waals surface area (Å²) in [7, 11) is 1.61. The molecule has 2 N–H and O–H groups in total. The van der Waals surface area contributed by atoms with Gasteiger partial charge in [-0.3, -0.25) is 4.79 Å². The molecule has 7 nitrogen and oxygen atoms in total. The van der Waals surface area contributed by atoms with Gasteiger partial charge in [-0.15, -0.1) is 0 Å². The number of carbonyl (C=O) groups excluding carboxylic acids is 2. The quantitative estimate of drug-likeness (QED) is 0.662. The van der Waals surface area contributed by atoms with Crippen molar-refractivity contribution in [2.75, 3.05) is 32.1 Å². The number of nitrogens with zero attached hydrogens (tertiary/aromatic N) is 1. The minimum Gasteiger partial charge on any atom is -0.494 e. The molecule has 1 fully saturated rings. The zero-order valence-electron chi connectivity index (χ0n) is 18.5. The van der Waals surface area contributed by atoms with Crippen LogP contribution in [0, 0.1) is 5.92 Å². The van der Waals surface area contributed by atoms with Crippen LogP contribution >= 0.6 is 0 Å². The second-order valence-corrected chi connectivity index (χ2v) is 7.96. The van der Waals surface area contributed by atoms with E-state index in [1.807, 2.05) is 31.2 Å². The van der Waals surface area contributed by atoms with E-state index in [4.69, 9.17) is 9.47 Å². The first-order valence-electron chi connectivity index (χ1n) is 11.0. The van der Waals surface area contributed by atoms with Crippen molar-refractivity contribution < 1.29 is 19.1 Å². The maximum Gasteiger partial charge on any atom is 0.410 e. The zero-order valence-corrected chi connectivity index (χ0v) is 18.5. The van der Waals surface area contributed by atoms with Gasteiger partial charge in [-0.2, -0.15) is 0 Å². The fourth-order valence-corrected chi connectivity index (χ4v) is 4.75. The maximum atomic E-state index is 12.8.